The second kappa shape index (κ2) is 6.43. The number of anilines is 1. The van der Waals surface area contributed by atoms with Gasteiger partial charge in [-0.3, -0.25) is 0 Å². The van der Waals surface area contributed by atoms with Crippen molar-refractivity contribution < 1.29 is 4.39 Å². The zero-order chi connectivity index (χ0) is 12.0. The summed E-state index contributed by atoms with van der Waals surface area (Å²) in [6.45, 7) is 2.95. The molecule has 0 aliphatic rings. The van der Waals surface area contributed by atoms with Gasteiger partial charge in [-0.05, 0) is 18.6 Å². The molecule has 1 rings (SSSR count). The van der Waals surface area contributed by atoms with E-state index in [1.807, 2.05) is 0 Å². The van der Waals surface area contributed by atoms with Crippen LogP contribution in [-0.2, 0) is 0 Å². The SMILES string of the molecule is CCCCCNc1cccc(F)c1C(N)=S. The smallest absolute Gasteiger partial charge is 0.135 e. The highest BCUT2D eigenvalue weighted by Crippen LogP contribution is 2.18. The highest BCUT2D eigenvalue weighted by Gasteiger charge is 2.09. The van der Waals surface area contributed by atoms with Gasteiger partial charge in [0, 0.05) is 12.2 Å². The Labute approximate surface area is 101 Å². The van der Waals surface area contributed by atoms with Gasteiger partial charge in [0.15, 0.2) is 0 Å². The van der Waals surface area contributed by atoms with Gasteiger partial charge in [-0.25, -0.2) is 4.39 Å². The summed E-state index contributed by atoms with van der Waals surface area (Å²) in [5.74, 6) is -0.368. The number of unbranched alkanes of at least 4 members (excludes halogenated alkanes) is 2. The Morgan fingerprint density at radius 2 is 2.19 bits per heavy atom. The van der Waals surface area contributed by atoms with Gasteiger partial charge in [0.2, 0.25) is 0 Å². The molecule has 4 heteroatoms. The topological polar surface area (TPSA) is 38.0 Å². The van der Waals surface area contributed by atoms with Crippen LogP contribution in [0.4, 0.5) is 10.1 Å². The van der Waals surface area contributed by atoms with Crippen LogP contribution in [0.15, 0.2) is 18.2 Å². The average Bonchev–Trinajstić information content (AvgIpc) is 2.24. The molecule has 1 aromatic rings. The molecule has 0 atom stereocenters. The molecular formula is C12H17FN2S. The molecule has 0 amide bonds. The molecule has 0 aromatic heterocycles. The molecule has 16 heavy (non-hydrogen) atoms. The number of nitrogens with two attached hydrogens (primary N) is 1. The van der Waals surface area contributed by atoms with E-state index in [1.54, 1.807) is 12.1 Å². The minimum Gasteiger partial charge on any atom is -0.389 e. The van der Waals surface area contributed by atoms with Crippen molar-refractivity contribution in [1.82, 2.24) is 0 Å². The minimum absolute atomic E-state index is 0.0936. The maximum absolute atomic E-state index is 13.5. The Kier molecular flexibility index (Phi) is 5.19. The van der Waals surface area contributed by atoms with Gasteiger partial charge in [0.1, 0.15) is 10.8 Å². The van der Waals surface area contributed by atoms with Crippen LogP contribution in [0, 0.1) is 5.82 Å². The Hall–Kier alpha value is -1.16. The zero-order valence-electron chi connectivity index (χ0n) is 9.42. The summed E-state index contributed by atoms with van der Waals surface area (Å²) in [5, 5.41) is 3.16. The summed E-state index contributed by atoms with van der Waals surface area (Å²) in [7, 11) is 0. The fourth-order valence-electron chi connectivity index (χ4n) is 1.52. The van der Waals surface area contributed by atoms with Crippen molar-refractivity contribution in [2.45, 2.75) is 26.2 Å². The van der Waals surface area contributed by atoms with Crippen molar-refractivity contribution in [1.29, 1.82) is 0 Å². The van der Waals surface area contributed by atoms with E-state index in [0.29, 0.717) is 11.3 Å². The van der Waals surface area contributed by atoms with E-state index in [4.69, 9.17) is 18.0 Å². The van der Waals surface area contributed by atoms with E-state index in [1.165, 1.54) is 6.07 Å². The molecule has 0 saturated heterocycles. The molecule has 0 aliphatic heterocycles. The number of halogens is 1. The summed E-state index contributed by atoms with van der Waals surface area (Å²) in [6.07, 6.45) is 3.38. The number of nitrogens with one attached hydrogen (secondary N) is 1. The lowest BCUT2D eigenvalue weighted by molar-refractivity contribution is 0.625. The predicted molar refractivity (Wildman–Crippen MR) is 70.3 cm³/mol. The number of benzene rings is 1. The van der Waals surface area contributed by atoms with Crippen molar-refractivity contribution in [3.63, 3.8) is 0 Å². The van der Waals surface area contributed by atoms with Crippen LogP contribution in [0.25, 0.3) is 0 Å². The molecule has 0 spiro atoms. The van der Waals surface area contributed by atoms with E-state index in [-0.39, 0.29) is 10.8 Å². The van der Waals surface area contributed by atoms with E-state index in [2.05, 4.69) is 12.2 Å². The van der Waals surface area contributed by atoms with Gasteiger partial charge < -0.3 is 11.1 Å². The second-order valence-corrected chi connectivity index (χ2v) is 4.10. The largest absolute Gasteiger partial charge is 0.389 e. The Balaban J connectivity index is 2.71. The quantitative estimate of drug-likeness (QED) is 0.593. The third-order valence-electron chi connectivity index (χ3n) is 2.36. The standard InChI is InChI=1S/C12H17FN2S/c1-2-3-4-8-15-10-7-5-6-9(13)11(10)12(14)16/h5-7,15H,2-4,8H2,1H3,(H2,14,16). The monoisotopic (exact) mass is 240 g/mol. The number of hydrogen-bond donors (Lipinski definition) is 2. The lowest BCUT2D eigenvalue weighted by atomic mass is 10.1. The fourth-order valence-corrected chi connectivity index (χ4v) is 1.73. The molecular weight excluding hydrogens is 223 g/mol. The highest BCUT2D eigenvalue weighted by molar-refractivity contribution is 7.80. The van der Waals surface area contributed by atoms with Crippen LogP contribution in [0.1, 0.15) is 31.7 Å². The summed E-state index contributed by atoms with van der Waals surface area (Å²) in [4.78, 5) is 0.0936. The normalized spacial score (nSPS) is 10.1. The van der Waals surface area contributed by atoms with Gasteiger partial charge in [-0.2, -0.15) is 0 Å². The van der Waals surface area contributed by atoms with Crippen molar-refractivity contribution in [2.75, 3.05) is 11.9 Å². The first-order chi connectivity index (χ1) is 7.66. The van der Waals surface area contributed by atoms with Crippen molar-refractivity contribution in [3.05, 3.63) is 29.6 Å². The maximum atomic E-state index is 13.5. The number of hydrogen-bond acceptors (Lipinski definition) is 2. The molecule has 0 radical (unpaired) electrons. The summed E-state index contributed by atoms with van der Waals surface area (Å²) < 4.78 is 13.5. The molecule has 0 aliphatic carbocycles. The lowest BCUT2D eigenvalue weighted by Crippen LogP contribution is -2.15. The lowest BCUT2D eigenvalue weighted by Gasteiger charge is -2.11. The summed E-state index contributed by atoms with van der Waals surface area (Å²) in [6, 6.07) is 4.81. The van der Waals surface area contributed by atoms with Crippen LogP contribution < -0.4 is 11.1 Å². The molecule has 0 fully saturated rings. The van der Waals surface area contributed by atoms with Crippen molar-refractivity contribution >= 4 is 22.9 Å². The third-order valence-corrected chi connectivity index (χ3v) is 2.56. The molecule has 0 heterocycles. The van der Waals surface area contributed by atoms with Crippen LogP contribution in [0.5, 0.6) is 0 Å². The van der Waals surface area contributed by atoms with Gasteiger partial charge in [0.25, 0.3) is 0 Å². The van der Waals surface area contributed by atoms with E-state index in [0.717, 1.165) is 25.8 Å². The Bertz CT molecular complexity index is 366. The summed E-state index contributed by atoms with van der Waals surface area (Å²) in [5.41, 5.74) is 6.50. The molecule has 3 N–H and O–H groups in total. The summed E-state index contributed by atoms with van der Waals surface area (Å²) >= 11 is 4.84. The third kappa shape index (κ3) is 3.45. The molecule has 1 aromatic carbocycles. The fraction of sp³-hybridized carbons (Fsp3) is 0.417. The minimum atomic E-state index is -0.368. The molecule has 0 bridgehead atoms. The van der Waals surface area contributed by atoms with E-state index in [9.17, 15) is 4.39 Å². The van der Waals surface area contributed by atoms with Gasteiger partial charge >= 0.3 is 0 Å². The first-order valence-corrected chi connectivity index (χ1v) is 5.89. The van der Waals surface area contributed by atoms with Gasteiger partial charge in [-0.1, -0.05) is 38.0 Å². The van der Waals surface area contributed by atoms with Gasteiger partial charge in [-0.15, -0.1) is 0 Å². The predicted octanol–water partition coefficient (Wildman–Crippen LogP) is 3.06. The van der Waals surface area contributed by atoms with Crippen LogP contribution in [0.3, 0.4) is 0 Å². The van der Waals surface area contributed by atoms with Crippen LogP contribution in [-0.4, -0.2) is 11.5 Å². The van der Waals surface area contributed by atoms with Gasteiger partial charge in [0.05, 0.1) is 5.56 Å². The van der Waals surface area contributed by atoms with Crippen molar-refractivity contribution in [2.24, 2.45) is 5.73 Å². The second-order valence-electron chi connectivity index (χ2n) is 3.66. The van der Waals surface area contributed by atoms with Crippen LogP contribution >= 0.6 is 12.2 Å². The molecule has 2 nitrogen and oxygen atoms in total. The Morgan fingerprint density at radius 3 is 2.81 bits per heavy atom. The van der Waals surface area contributed by atoms with E-state index >= 15 is 0 Å². The first kappa shape index (κ1) is 12.9. The molecule has 88 valence electrons. The van der Waals surface area contributed by atoms with E-state index < -0.39 is 0 Å². The Morgan fingerprint density at radius 1 is 1.44 bits per heavy atom. The number of thiocarbonyl (C=S) groups is 1. The van der Waals surface area contributed by atoms with Crippen molar-refractivity contribution in [3.8, 4) is 0 Å². The first-order valence-electron chi connectivity index (χ1n) is 5.49. The molecule has 0 saturated carbocycles. The highest BCUT2D eigenvalue weighted by atomic mass is 32.1. The number of rotatable bonds is 6. The van der Waals surface area contributed by atoms with Crippen LogP contribution in [0.2, 0.25) is 0 Å². The zero-order valence-corrected chi connectivity index (χ0v) is 10.2. The average molecular weight is 240 g/mol. The molecule has 0 unspecified atom stereocenters. The maximum Gasteiger partial charge on any atom is 0.135 e.